The van der Waals surface area contributed by atoms with E-state index < -0.39 is 39.3 Å². The first-order valence-electron chi connectivity index (χ1n) is 8.12. The predicted octanol–water partition coefficient (Wildman–Crippen LogP) is 2.92. The highest BCUT2D eigenvalue weighted by molar-refractivity contribution is 7.89. The third kappa shape index (κ3) is 5.26. The summed E-state index contributed by atoms with van der Waals surface area (Å²) in [5.41, 5.74) is -1.12. The summed E-state index contributed by atoms with van der Waals surface area (Å²) in [6.45, 7) is 2.94. The zero-order valence-corrected chi connectivity index (χ0v) is 16.1. The van der Waals surface area contributed by atoms with Gasteiger partial charge in [0.15, 0.2) is 5.76 Å². The van der Waals surface area contributed by atoms with Crippen molar-refractivity contribution in [1.82, 2.24) is 10.0 Å². The van der Waals surface area contributed by atoms with Gasteiger partial charge in [-0.25, -0.2) is 13.1 Å². The number of alkyl halides is 3. The van der Waals surface area contributed by atoms with Crippen molar-refractivity contribution in [2.45, 2.75) is 37.8 Å². The molecule has 0 fully saturated rings. The van der Waals surface area contributed by atoms with Crippen molar-refractivity contribution in [3.05, 3.63) is 47.2 Å². The monoisotopic (exact) mass is 420 g/mol. The van der Waals surface area contributed by atoms with Crippen LogP contribution in [0.4, 0.5) is 13.2 Å². The number of furan rings is 1. The molecule has 11 heteroatoms. The molecule has 0 radical (unpaired) electrons. The molecule has 0 aliphatic heterocycles. The highest BCUT2D eigenvalue weighted by Gasteiger charge is 2.34. The van der Waals surface area contributed by atoms with Crippen molar-refractivity contribution in [3.8, 4) is 5.75 Å². The summed E-state index contributed by atoms with van der Waals surface area (Å²) in [4.78, 5) is 12.1. The minimum atomic E-state index is -4.64. The number of carbonyl (C=O) groups is 1. The van der Waals surface area contributed by atoms with Crippen molar-refractivity contribution in [1.29, 1.82) is 0 Å². The van der Waals surface area contributed by atoms with E-state index in [0.717, 1.165) is 18.2 Å². The number of nitrogens with one attached hydrogen (secondary N) is 2. The van der Waals surface area contributed by atoms with Gasteiger partial charge in [0.2, 0.25) is 5.09 Å². The summed E-state index contributed by atoms with van der Waals surface area (Å²) in [6, 6.07) is 5.64. The molecule has 2 aromatic rings. The van der Waals surface area contributed by atoms with Gasteiger partial charge in [-0.3, -0.25) is 4.79 Å². The number of hydrogen-bond donors (Lipinski definition) is 2. The largest absolute Gasteiger partial charge is 0.491 e. The van der Waals surface area contributed by atoms with E-state index in [2.05, 4.69) is 5.32 Å². The number of carbonyl (C=O) groups excluding carboxylic acids is 1. The number of rotatable bonds is 7. The van der Waals surface area contributed by atoms with Crippen LogP contribution in [0, 0.1) is 0 Å². The molecule has 0 atom stereocenters. The molecule has 0 saturated heterocycles. The summed E-state index contributed by atoms with van der Waals surface area (Å²) >= 11 is 0. The van der Waals surface area contributed by atoms with Gasteiger partial charge in [-0.1, -0.05) is 6.07 Å². The van der Waals surface area contributed by atoms with Gasteiger partial charge in [0, 0.05) is 6.54 Å². The third-order valence-electron chi connectivity index (χ3n) is 3.54. The molecule has 0 saturated carbocycles. The van der Waals surface area contributed by atoms with E-state index in [1.54, 1.807) is 13.8 Å². The van der Waals surface area contributed by atoms with Crippen molar-refractivity contribution in [2.75, 3.05) is 7.05 Å². The van der Waals surface area contributed by atoms with Gasteiger partial charge in [0.05, 0.1) is 11.7 Å². The molecule has 1 aromatic carbocycles. The van der Waals surface area contributed by atoms with Crippen molar-refractivity contribution in [2.24, 2.45) is 0 Å². The van der Waals surface area contributed by atoms with Crippen LogP contribution in [-0.4, -0.2) is 27.5 Å². The fraction of sp³-hybridized carbons (Fsp3) is 0.353. The molecule has 0 aliphatic carbocycles. The van der Waals surface area contributed by atoms with Crippen LogP contribution < -0.4 is 14.8 Å². The molecule has 0 spiro atoms. The Balaban J connectivity index is 2.18. The highest BCUT2D eigenvalue weighted by Crippen LogP contribution is 2.34. The van der Waals surface area contributed by atoms with Gasteiger partial charge < -0.3 is 14.5 Å². The Labute approximate surface area is 159 Å². The average molecular weight is 420 g/mol. The van der Waals surface area contributed by atoms with Gasteiger partial charge in [-0.2, -0.15) is 13.2 Å². The lowest BCUT2D eigenvalue weighted by Crippen LogP contribution is -2.24. The summed E-state index contributed by atoms with van der Waals surface area (Å²) in [5, 5.41) is 1.80. The molecule has 28 heavy (non-hydrogen) atoms. The standard InChI is InChI=1S/C17H19F3N2O5S/c1-10(2)26-12-5-4-11(13(8-12)17(18,19)20)9-22-16(23)14-6-7-15(27-14)28(24,25)21-3/h4-8,10,21H,9H2,1-3H3,(H,22,23). The fourth-order valence-electron chi connectivity index (χ4n) is 2.27. The van der Waals surface area contributed by atoms with Crippen LogP contribution in [0.5, 0.6) is 5.75 Å². The zero-order valence-electron chi connectivity index (χ0n) is 15.3. The molecule has 0 unspecified atom stereocenters. The first kappa shape index (κ1) is 21.8. The Morgan fingerprint density at radius 2 is 1.89 bits per heavy atom. The molecule has 2 rings (SSSR count). The van der Waals surface area contributed by atoms with Crippen LogP contribution in [0.3, 0.4) is 0 Å². The number of sulfonamides is 1. The lowest BCUT2D eigenvalue weighted by Gasteiger charge is -2.16. The molecule has 0 bridgehead atoms. The smallest absolute Gasteiger partial charge is 0.416 e. The van der Waals surface area contributed by atoms with Crippen LogP contribution in [0.1, 0.15) is 35.5 Å². The molecule has 1 heterocycles. The maximum Gasteiger partial charge on any atom is 0.416 e. The maximum absolute atomic E-state index is 13.3. The fourth-order valence-corrected chi connectivity index (χ4v) is 2.92. The molecule has 0 aliphatic rings. The van der Waals surface area contributed by atoms with Gasteiger partial charge in [-0.05, 0) is 50.7 Å². The number of ether oxygens (including phenoxy) is 1. The van der Waals surface area contributed by atoms with E-state index in [0.29, 0.717) is 0 Å². The Hall–Kier alpha value is -2.53. The van der Waals surface area contributed by atoms with Crippen LogP contribution in [0.2, 0.25) is 0 Å². The Morgan fingerprint density at radius 3 is 2.46 bits per heavy atom. The SMILES string of the molecule is CNS(=O)(=O)c1ccc(C(=O)NCc2ccc(OC(C)C)cc2C(F)(F)F)o1. The molecular formula is C17H19F3N2O5S. The molecular weight excluding hydrogens is 401 g/mol. The van der Waals surface area contributed by atoms with Gasteiger partial charge >= 0.3 is 6.18 Å². The minimum Gasteiger partial charge on any atom is -0.491 e. The van der Waals surface area contributed by atoms with Crippen LogP contribution >= 0.6 is 0 Å². The summed E-state index contributed by atoms with van der Waals surface area (Å²) < 4.78 is 75.4. The van der Waals surface area contributed by atoms with E-state index in [1.807, 2.05) is 4.72 Å². The number of hydrogen-bond acceptors (Lipinski definition) is 5. The van der Waals surface area contributed by atoms with Crippen molar-refractivity contribution in [3.63, 3.8) is 0 Å². The van der Waals surface area contributed by atoms with E-state index in [1.165, 1.54) is 19.2 Å². The second-order valence-corrected chi connectivity index (χ2v) is 7.81. The second-order valence-electron chi connectivity index (χ2n) is 5.99. The maximum atomic E-state index is 13.3. The Bertz CT molecular complexity index is 952. The Morgan fingerprint density at radius 1 is 1.21 bits per heavy atom. The van der Waals surface area contributed by atoms with Gasteiger partial charge in [-0.15, -0.1) is 0 Å². The quantitative estimate of drug-likeness (QED) is 0.718. The average Bonchev–Trinajstić information content (AvgIpc) is 3.10. The lowest BCUT2D eigenvalue weighted by molar-refractivity contribution is -0.138. The summed E-state index contributed by atoms with van der Waals surface area (Å²) in [6.07, 6.45) is -4.94. The number of benzene rings is 1. The van der Waals surface area contributed by atoms with Gasteiger partial charge in [0.1, 0.15) is 5.75 Å². The molecule has 1 amide bonds. The molecule has 2 N–H and O–H groups in total. The first-order valence-corrected chi connectivity index (χ1v) is 9.60. The number of amides is 1. The Kier molecular flexibility index (Phi) is 6.40. The predicted molar refractivity (Wildman–Crippen MR) is 93.3 cm³/mol. The van der Waals surface area contributed by atoms with E-state index in [9.17, 15) is 26.4 Å². The van der Waals surface area contributed by atoms with Crippen LogP contribution in [0.25, 0.3) is 0 Å². The minimum absolute atomic E-state index is 0.0605. The van der Waals surface area contributed by atoms with Gasteiger partial charge in [0.25, 0.3) is 15.9 Å². The zero-order chi connectivity index (χ0) is 21.1. The summed E-state index contributed by atoms with van der Waals surface area (Å²) in [5.74, 6) is -1.14. The van der Waals surface area contributed by atoms with Crippen LogP contribution in [0.15, 0.2) is 39.8 Å². The van der Waals surface area contributed by atoms with E-state index in [-0.39, 0.29) is 23.2 Å². The summed E-state index contributed by atoms with van der Waals surface area (Å²) in [7, 11) is -2.71. The van der Waals surface area contributed by atoms with E-state index in [4.69, 9.17) is 9.15 Å². The molecule has 154 valence electrons. The highest BCUT2D eigenvalue weighted by atomic mass is 32.2. The molecule has 7 nitrogen and oxygen atoms in total. The van der Waals surface area contributed by atoms with Crippen molar-refractivity contribution >= 4 is 15.9 Å². The first-order chi connectivity index (χ1) is 12.9. The normalized spacial score (nSPS) is 12.2. The van der Waals surface area contributed by atoms with E-state index >= 15 is 0 Å². The second kappa shape index (κ2) is 8.23. The molecule has 1 aromatic heterocycles. The van der Waals surface area contributed by atoms with Crippen molar-refractivity contribution < 1.29 is 35.5 Å². The van der Waals surface area contributed by atoms with Crippen LogP contribution in [-0.2, 0) is 22.7 Å². The number of halogens is 3. The third-order valence-corrected chi connectivity index (χ3v) is 4.82. The topological polar surface area (TPSA) is 97.6 Å². The lowest BCUT2D eigenvalue weighted by atomic mass is 10.1.